The van der Waals surface area contributed by atoms with Gasteiger partial charge in [-0.1, -0.05) is 12.5 Å². The van der Waals surface area contributed by atoms with Crippen molar-refractivity contribution in [2.24, 2.45) is 5.92 Å². The van der Waals surface area contributed by atoms with Crippen molar-refractivity contribution in [3.8, 4) is 0 Å². The summed E-state index contributed by atoms with van der Waals surface area (Å²) in [6.45, 7) is 0.267. The molecule has 0 aliphatic heterocycles. The van der Waals surface area contributed by atoms with Crippen LogP contribution in [-0.4, -0.2) is 29.8 Å². The van der Waals surface area contributed by atoms with Crippen LogP contribution in [-0.2, 0) is 0 Å². The third kappa shape index (κ3) is 2.44. The molecule has 0 radical (unpaired) electrons. The number of anilines is 2. The molecule has 0 amide bonds. The number of hydrogen-bond donors (Lipinski definition) is 3. The van der Waals surface area contributed by atoms with E-state index < -0.39 is 0 Å². The highest BCUT2D eigenvalue weighted by Crippen LogP contribution is 2.27. The van der Waals surface area contributed by atoms with E-state index in [0.29, 0.717) is 12.0 Å². The molecule has 4 heteroatoms. The number of nitrogens with one attached hydrogen (secondary N) is 2. The fraction of sp³-hybridized carbons (Fsp3) is 0.583. The summed E-state index contributed by atoms with van der Waals surface area (Å²) in [5.41, 5.74) is 0. The monoisotopic (exact) mass is 221 g/mol. The zero-order valence-electron chi connectivity index (χ0n) is 9.61. The van der Waals surface area contributed by atoms with Crippen LogP contribution < -0.4 is 10.6 Å². The Balaban J connectivity index is 2.02. The van der Waals surface area contributed by atoms with Gasteiger partial charge in [-0.2, -0.15) is 0 Å². The van der Waals surface area contributed by atoms with Crippen molar-refractivity contribution >= 4 is 11.6 Å². The number of aromatic nitrogens is 1. The van der Waals surface area contributed by atoms with Crippen molar-refractivity contribution in [1.29, 1.82) is 0 Å². The molecule has 1 saturated carbocycles. The first kappa shape index (κ1) is 11.2. The van der Waals surface area contributed by atoms with Crippen LogP contribution in [0.3, 0.4) is 0 Å². The van der Waals surface area contributed by atoms with Gasteiger partial charge in [0.2, 0.25) is 0 Å². The quantitative estimate of drug-likeness (QED) is 0.724. The first-order valence-corrected chi connectivity index (χ1v) is 5.85. The lowest BCUT2D eigenvalue weighted by molar-refractivity contribution is 0.222. The van der Waals surface area contributed by atoms with Gasteiger partial charge in [-0.05, 0) is 25.0 Å². The summed E-state index contributed by atoms with van der Waals surface area (Å²) in [6.07, 6.45) is 3.42. The first-order chi connectivity index (χ1) is 7.83. The molecule has 0 bridgehead atoms. The number of hydrogen-bond acceptors (Lipinski definition) is 4. The lowest BCUT2D eigenvalue weighted by Crippen LogP contribution is -2.26. The van der Waals surface area contributed by atoms with E-state index in [1.54, 1.807) is 0 Å². The van der Waals surface area contributed by atoms with E-state index in [-0.39, 0.29) is 6.61 Å². The predicted molar refractivity (Wildman–Crippen MR) is 65.6 cm³/mol. The molecule has 3 N–H and O–H groups in total. The number of aliphatic hydroxyl groups is 1. The molecule has 2 rings (SSSR count). The van der Waals surface area contributed by atoms with Gasteiger partial charge < -0.3 is 15.7 Å². The van der Waals surface area contributed by atoms with Crippen molar-refractivity contribution < 1.29 is 5.11 Å². The summed E-state index contributed by atoms with van der Waals surface area (Å²) in [5, 5.41) is 15.7. The smallest absolute Gasteiger partial charge is 0.128 e. The van der Waals surface area contributed by atoms with Crippen LogP contribution in [0, 0.1) is 5.92 Å². The highest BCUT2D eigenvalue weighted by atomic mass is 16.3. The molecule has 1 fully saturated rings. The Bertz CT molecular complexity index is 343. The molecule has 88 valence electrons. The SMILES string of the molecule is CNc1cccc(NC2CCCC2CO)n1. The molecular weight excluding hydrogens is 202 g/mol. The molecule has 2 atom stereocenters. The number of aliphatic hydroxyl groups excluding tert-OH is 1. The van der Waals surface area contributed by atoms with Crippen LogP contribution in [0.1, 0.15) is 19.3 Å². The van der Waals surface area contributed by atoms with Gasteiger partial charge in [-0.15, -0.1) is 0 Å². The van der Waals surface area contributed by atoms with Crippen LogP contribution in [0.25, 0.3) is 0 Å². The second-order valence-corrected chi connectivity index (χ2v) is 4.28. The molecule has 1 aromatic rings. The van der Waals surface area contributed by atoms with Crippen LogP contribution in [0.15, 0.2) is 18.2 Å². The van der Waals surface area contributed by atoms with Gasteiger partial charge in [0.15, 0.2) is 0 Å². The summed E-state index contributed by atoms with van der Waals surface area (Å²) in [7, 11) is 1.86. The Kier molecular flexibility index (Phi) is 3.62. The van der Waals surface area contributed by atoms with E-state index in [9.17, 15) is 5.11 Å². The highest BCUT2D eigenvalue weighted by molar-refractivity contribution is 5.45. The average Bonchev–Trinajstić information content (AvgIpc) is 2.76. The molecule has 4 nitrogen and oxygen atoms in total. The van der Waals surface area contributed by atoms with Crippen LogP contribution >= 0.6 is 0 Å². The molecule has 1 aliphatic rings. The zero-order chi connectivity index (χ0) is 11.4. The van der Waals surface area contributed by atoms with Gasteiger partial charge in [0.1, 0.15) is 11.6 Å². The normalized spacial score (nSPS) is 24.4. The lowest BCUT2D eigenvalue weighted by atomic mass is 10.1. The Hall–Kier alpha value is -1.29. The second-order valence-electron chi connectivity index (χ2n) is 4.28. The van der Waals surface area contributed by atoms with E-state index in [2.05, 4.69) is 15.6 Å². The Labute approximate surface area is 96.1 Å². The first-order valence-electron chi connectivity index (χ1n) is 5.85. The van der Waals surface area contributed by atoms with Crippen LogP contribution in [0.2, 0.25) is 0 Å². The van der Waals surface area contributed by atoms with Crippen molar-refractivity contribution in [2.75, 3.05) is 24.3 Å². The predicted octanol–water partition coefficient (Wildman–Crippen LogP) is 1.70. The third-order valence-electron chi connectivity index (χ3n) is 3.23. The van der Waals surface area contributed by atoms with Crippen molar-refractivity contribution in [3.63, 3.8) is 0 Å². The average molecular weight is 221 g/mol. The van der Waals surface area contributed by atoms with Gasteiger partial charge in [0, 0.05) is 25.6 Å². The topological polar surface area (TPSA) is 57.2 Å². The summed E-state index contributed by atoms with van der Waals surface area (Å²) < 4.78 is 0. The van der Waals surface area contributed by atoms with Crippen LogP contribution in [0.5, 0.6) is 0 Å². The molecule has 1 aromatic heterocycles. The van der Waals surface area contributed by atoms with E-state index in [1.165, 1.54) is 6.42 Å². The van der Waals surface area contributed by atoms with E-state index in [4.69, 9.17) is 0 Å². The minimum atomic E-state index is 0.267. The molecule has 16 heavy (non-hydrogen) atoms. The molecule has 2 unspecified atom stereocenters. The maximum atomic E-state index is 9.24. The minimum absolute atomic E-state index is 0.267. The summed E-state index contributed by atoms with van der Waals surface area (Å²) >= 11 is 0. The van der Waals surface area contributed by atoms with Gasteiger partial charge in [-0.25, -0.2) is 4.98 Å². The summed E-state index contributed by atoms with van der Waals surface area (Å²) in [5.74, 6) is 2.13. The van der Waals surface area contributed by atoms with E-state index >= 15 is 0 Å². The molecule has 0 aromatic carbocycles. The van der Waals surface area contributed by atoms with Crippen molar-refractivity contribution in [2.45, 2.75) is 25.3 Å². The van der Waals surface area contributed by atoms with Gasteiger partial charge in [0.25, 0.3) is 0 Å². The van der Waals surface area contributed by atoms with Crippen molar-refractivity contribution in [1.82, 2.24) is 4.98 Å². The largest absolute Gasteiger partial charge is 0.396 e. The number of nitrogens with zero attached hydrogens (tertiary/aromatic N) is 1. The minimum Gasteiger partial charge on any atom is -0.396 e. The molecule has 0 spiro atoms. The standard InChI is InChI=1S/C12H19N3O/c1-13-11-6-3-7-12(15-11)14-10-5-2-4-9(10)8-16/h3,6-7,9-10,16H,2,4-5,8H2,1H3,(H2,13,14,15). The molecular formula is C12H19N3O. The van der Waals surface area contributed by atoms with Gasteiger partial charge in [0.05, 0.1) is 0 Å². The van der Waals surface area contributed by atoms with E-state index in [1.807, 2.05) is 25.2 Å². The summed E-state index contributed by atoms with van der Waals surface area (Å²) in [4.78, 5) is 4.42. The lowest BCUT2D eigenvalue weighted by Gasteiger charge is -2.19. The number of pyridine rings is 1. The highest BCUT2D eigenvalue weighted by Gasteiger charge is 2.26. The fourth-order valence-electron chi connectivity index (χ4n) is 2.29. The zero-order valence-corrected chi connectivity index (χ0v) is 9.61. The van der Waals surface area contributed by atoms with E-state index in [0.717, 1.165) is 24.5 Å². The molecule has 1 heterocycles. The Morgan fingerprint density at radius 2 is 2.19 bits per heavy atom. The Morgan fingerprint density at radius 1 is 1.38 bits per heavy atom. The van der Waals surface area contributed by atoms with Gasteiger partial charge >= 0.3 is 0 Å². The van der Waals surface area contributed by atoms with Crippen molar-refractivity contribution in [3.05, 3.63) is 18.2 Å². The fourth-order valence-corrected chi connectivity index (χ4v) is 2.29. The Morgan fingerprint density at radius 3 is 2.94 bits per heavy atom. The maximum Gasteiger partial charge on any atom is 0.128 e. The molecule has 0 saturated heterocycles. The summed E-state index contributed by atoms with van der Waals surface area (Å²) in [6, 6.07) is 6.24. The third-order valence-corrected chi connectivity index (χ3v) is 3.23. The second kappa shape index (κ2) is 5.16. The molecule has 1 aliphatic carbocycles. The van der Waals surface area contributed by atoms with Gasteiger partial charge in [-0.3, -0.25) is 0 Å². The number of rotatable bonds is 4. The maximum absolute atomic E-state index is 9.24. The van der Waals surface area contributed by atoms with Crippen LogP contribution in [0.4, 0.5) is 11.6 Å².